The van der Waals surface area contributed by atoms with Crippen molar-refractivity contribution < 1.29 is 0 Å². The highest BCUT2D eigenvalue weighted by molar-refractivity contribution is 9.12. The minimum Gasteiger partial charge on any atom is -0.0823 e. The van der Waals surface area contributed by atoms with Gasteiger partial charge in [0.05, 0.1) is 9.65 Å². The van der Waals surface area contributed by atoms with Crippen LogP contribution in [-0.4, -0.2) is 0 Å². The molecule has 2 unspecified atom stereocenters. The molecule has 1 aliphatic rings. The Balaban J connectivity index is 2.54. The van der Waals surface area contributed by atoms with E-state index in [4.69, 9.17) is 0 Å². The van der Waals surface area contributed by atoms with Gasteiger partial charge in [-0.2, -0.15) is 0 Å². The lowest BCUT2D eigenvalue weighted by atomic mass is 10.1. The minimum atomic E-state index is 0.329. The summed E-state index contributed by atoms with van der Waals surface area (Å²) in [5.74, 6) is 0. The Labute approximate surface area is 127 Å². The number of benzene rings is 2. The van der Waals surface area contributed by atoms with E-state index < -0.39 is 0 Å². The Kier molecular flexibility index (Phi) is 2.98. The Morgan fingerprint density at radius 2 is 1.69 bits per heavy atom. The van der Waals surface area contributed by atoms with Gasteiger partial charge in [0.2, 0.25) is 0 Å². The summed E-state index contributed by atoms with van der Waals surface area (Å²) in [4.78, 5) is 0.673. The maximum absolute atomic E-state index is 3.76. The van der Waals surface area contributed by atoms with Gasteiger partial charge in [-0.3, -0.25) is 0 Å². The fourth-order valence-electron chi connectivity index (χ4n) is 2.26. The molecule has 2 aromatic carbocycles. The number of alkyl halides is 2. The number of hydrogen-bond donors (Lipinski definition) is 0. The van der Waals surface area contributed by atoms with Crippen molar-refractivity contribution in [2.45, 2.75) is 9.65 Å². The van der Waals surface area contributed by atoms with E-state index in [1.807, 2.05) is 0 Å². The number of halogens is 4. The molecule has 16 heavy (non-hydrogen) atoms. The van der Waals surface area contributed by atoms with Crippen molar-refractivity contribution in [3.63, 3.8) is 0 Å². The van der Waals surface area contributed by atoms with Gasteiger partial charge in [-0.25, -0.2) is 0 Å². The zero-order valence-electron chi connectivity index (χ0n) is 7.98. The molecule has 0 aliphatic heterocycles. The Bertz CT molecular complexity index is 591. The third kappa shape index (κ3) is 1.49. The minimum absolute atomic E-state index is 0.329. The van der Waals surface area contributed by atoms with E-state index in [-0.39, 0.29) is 0 Å². The smallest absolute Gasteiger partial charge is 0.0578 e. The van der Waals surface area contributed by atoms with Crippen molar-refractivity contribution in [3.8, 4) is 0 Å². The molecule has 0 nitrogen and oxygen atoms in total. The molecule has 0 fully saturated rings. The summed E-state index contributed by atoms with van der Waals surface area (Å²) >= 11 is 14.8. The van der Waals surface area contributed by atoms with Crippen molar-refractivity contribution in [3.05, 3.63) is 44.3 Å². The Morgan fingerprint density at radius 1 is 0.938 bits per heavy atom. The second-order valence-electron chi connectivity index (χ2n) is 3.83. The fourth-order valence-corrected chi connectivity index (χ4v) is 5.51. The molecule has 4 heteroatoms. The van der Waals surface area contributed by atoms with Gasteiger partial charge in [-0.05, 0) is 28.0 Å². The lowest BCUT2D eigenvalue weighted by molar-refractivity contribution is 0.994. The largest absolute Gasteiger partial charge is 0.0823 e. The number of rotatable bonds is 0. The third-order valence-corrected chi connectivity index (χ3v) is 6.99. The van der Waals surface area contributed by atoms with Crippen LogP contribution >= 0.6 is 63.7 Å². The third-order valence-electron chi connectivity index (χ3n) is 2.96. The molecule has 0 N–H and O–H groups in total. The van der Waals surface area contributed by atoms with Crippen molar-refractivity contribution in [1.82, 2.24) is 0 Å². The van der Waals surface area contributed by atoms with Gasteiger partial charge < -0.3 is 0 Å². The molecule has 82 valence electrons. The van der Waals surface area contributed by atoms with Crippen LogP contribution in [0.15, 0.2) is 33.2 Å². The van der Waals surface area contributed by atoms with Crippen LogP contribution in [0.3, 0.4) is 0 Å². The maximum Gasteiger partial charge on any atom is 0.0578 e. The molecular weight excluding hydrogens is 464 g/mol. The fraction of sp³-hybridized carbons (Fsp3) is 0.167. The predicted octanol–water partition coefficient (Wildman–Crippen LogP) is 6.25. The average molecular weight is 470 g/mol. The summed E-state index contributed by atoms with van der Waals surface area (Å²) in [6.07, 6.45) is 0. The van der Waals surface area contributed by atoms with Crippen molar-refractivity contribution in [1.29, 1.82) is 0 Å². The van der Waals surface area contributed by atoms with Crippen LogP contribution in [0, 0.1) is 0 Å². The van der Waals surface area contributed by atoms with Gasteiger partial charge in [0.15, 0.2) is 0 Å². The van der Waals surface area contributed by atoms with Gasteiger partial charge in [0.25, 0.3) is 0 Å². The molecule has 2 aromatic rings. The first-order valence-electron chi connectivity index (χ1n) is 4.80. The molecule has 0 amide bonds. The van der Waals surface area contributed by atoms with Crippen LogP contribution in [0.5, 0.6) is 0 Å². The summed E-state index contributed by atoms with van der Waals surface area (Å²) in [5, 5.41) is 2.63. The first-order valence-corrected chi connectivity index (χ1v) is 8.21. The molecule has 2 atom stereocenters. The van der Waals surface area contributed by atoms with E-state index in [0.717, 1.165) is 8.95 Å². The molecule has 0 heterocycles. The average Bonchev–Trinajstić information content (AvgIpc) is 2.51. The second kappa shape index (κ2) is 4.08. The summed E-state index contributed by atoms with van der Waals surface area (Å²) in [6.45, 7) is 0. The number of hydrogen-bond acceptors (Lipinski definition) is 0. The summed E-state index contributed by atoms with van der Waals surface area (Å²) in [5.41, 5.74) is 2.70. The highest BCUT2D eigenvalue weighted by atomic mass is 79.9. The van der Waals surface area contributed by atoms with E-state index in [1.165, 1.54) is 21.9 Å². The van der Waals surface area contributed by atoms with Gasteiger partial charge in [-0.1, -0.05) is 81.9 Å². The maximum atomic E-state index is 3.76. The van der Waals surface area contributed by atoms with Crippen LogP contribution in [0.25, 0.3) is 10.8 Å². The molecule has 0 saturated heterocycles. The SMILES string of the molecule is Brc1cc(Br)c2cccc3c2c1C(Br)C3Br. The second-order valence-corrected chi connectivity index (χ2v) is 7.51. The first kappa shape index (κ1) is 11.7. The summed E-state index contributed by atoms with van der Waals surface area (Å²) in [6, 6.07) is 8.58. The van der Waals surface area contributed by atoms with E-state index in [1.54, 1.807) is 0 Å². The quantitative estimate of drug-likeness (QED) is 0.400. The molecule has 0 radical (unpaired) electrons. The zero-order valence-corrected chi connectivity index (χ0v) is 14.3. The van der Waals surface area contributed by atoms with Crippen LogP contribution in [-0.2, 0) is 0 Å². The standard InChI is InChI=1S/C12H6Br4/c13-7-4-8(14)10-9-5(7)2-1-3-6(9)11(15)12(10)16/h1-4,11-12H. The van der Waals surface area contributed by atoms with Crippen molar-refractivity contribution in [2.24, 2.45) is 0 Å². The van der Waals surface area contributed by atoms with E-state index in [9.17, 15) is 0 Å². The monoisotopic (exact) mass is 466 g/mol. The molecule has 0 bridgehead atoms. The van der Waals surface area contributed by atoms with Crippen LogP contribution in [0.2, 0.25) is 0 Å². The van der Waals surface area contributed by atoms with Crippen LogP contribution in [0.1, 0.15) is 20.8 Å². The van der Waals surface area contributed by atoms with Gasteiger partial charge in [0, 0.05) is 8.95 Å². The summed E-state index contributed by atoms with van der Waals surface area (Å²) < 4.78 is 2.30. The Hall–Kier alpha value is 0.620. The van der Waals surface area contributed by atoms with Crippen molar-refractivity contribution >= 4 is 74.5 Å². The van der Waals surface area contributed by atoms with Gasteiger partial charge >= 0.3 is 0 Å². The van der Waals surface area contributed by atoms with Gasteiger partial charge in [-0.15, -0.1) is 0 Å². The highest BCUT2D eigenvalue weighted by Crippen LogP contribution is 2.56. The molecule has 0 aromatic heterocycles. The molecule has 0 saturated carbocycles. The van der Waals surface area contributed by atoms with Crippen LogP contribution < -0.4 is 0 Å². The summed E-state index contributed by atoms with van der Waals surface area (Å²) in [7, 11) is 0. The topological polar surface area (TPSA) is 0 Å². The Morgan fingerprint density at radius 3 is 2.44 bits per heavy atom. The molecular formula is C12H6Br4. The molecule has 3 rings (SSSR count). The van der Waals surface area contributed by atoms with E-state index >= 15 is 0 Å². The molecule has 1 aliphatic carbocycles. The van der Waals surface area contributed by atoms with E-state index in [0.29, 0.717) is 9.65 Å². The lowest BCUT2D eigenvalue weighted by Crippen LogP contribution is -1.89. The predicted molar refractivity (Wildman–Crippen MR) is 82.7 cm³/mol. The lowest BCUT2D eigenvalue weighted by Gasteiger charge is -2.09. The van der Waals surface area contributed by atoms with Crippen molar-refractivity contribution in [2.75, 3.05) is 0 Å². The highest BCUT2D eigenvalue weighted by Gasteiger charge is 2.32. The van der Waals surface area contributed by atoms with Crippen LogP contribution in [0.4, 0.5) is 0 Å². The van der Waals surface area contributed by atoms with E-state index in [2.05, 4.69) is 88.0 Å². The zero-order chi connectivity index (χ0) is 11.4. The first-order chi connectivity index (χ1) is 7.61. The normalized spacial score (nSPS) is 23.0. The van der Waals surface area contributed by atoms with Gasteiger partial charge in [0.1, 0.15) is 0 Å². The molecule has 0 spiro atoms.